The van der Waals surface area contributed by atoms with Crippen LogP contribution in [0.4, 0.5) is 11.4 Å². The highest BCUT2D eigenvalue weighted by Gasteiger charge is 2.11. The average Bonchev–Trinajstić information content (AvgIpc) is 2.41. The second-order valence-corrected chi connectivity index (χ2v) is 5.54. The van der Waals surface area contributed by atoms with Crippen LogP contribution in [0.15, 0.2) is 42.5 Å². The summed E-state index contributed by atoms with van der Waals surface area (Å²) in [5.74, 6) is -0.740. The molecule has 0 heterocycles. The molecule has 2 aromatic rings. The summed E-state index contributed by atoms with van der Waals surface area (Å²) in [4.78, 5) is 23.8. The largest absolute Gasteiger partial charge is 0.326 e. The zero-order valence-electron chi connectivity index (χ0n) is 12.4. The van der Waals surface area contributed by atoms with Crippen LogP contribution in [-0.2, 0) is 9.59 Å². The number of carbonyl (C=O) groups is 2. The van der Waals surface area contributed by atoms with Crippen LogP contribution in [0.5, 0.6) is 0 Å². The second-order valence-electron chi connectivity index (χ2n) is 5.10. The normalized spacial score (nSPS) is 10.1. The summed E-state index contributed by atoms with van der Waals surface area (Å²) in [5, 5.41) is 5.90. The Hall–Kier alpha value is -2.33. The number of anilines is 2. The molecule has 0 aliphatic rings. The summed E-state index contributed by atoms with van der Waals surface area (Å²) in [6.45, 7) is 3.89. The number of benzene rings is 2. The van der Waals surface area contributed by atoms with Crippen LogP contribution >= 0.6 is 11.6 Å². The van der Waals surface area contributed by atoms with Crippen molar-refractivity contribution in [2.45, 2.75) is 20.3 Å². The van der Waals surface area contributed by atoms with Crippen molar-refractivity contribution in [1.29, 1.82) is 0 Å². The van der Waals surface area contributed by atoms with E-state index >= 15 is 0 Å². The Bertz CT molecular complexity index is 714. The first-order chi connectivity index (χ1) is 10.4. The van der Waals surface area contributed by atoms with Gasteiger partial charge in [-0.3, -0.25) is 9.59 Å². The maximum absolute atomic E-state index is 11.9. The van der Waals surface area contributed by atoms with Crippen molar-refractivity contribution < 1.29 is 9.59 Å². The first-order valence-electron chi connectivity index (χ1n) is 6.86. The molecule has 0 fully saturated rings. The van der Waals surface area contributed by atoms with Crippen LogP contribution < -0.4 is 10.6 Å². The van der Waals surface area contributed by atoms with E-state index in [-0.39, 0.29) is 18.2 Å². The number of hydrogen-bond acceptors (Lipinski definition) is 2. The third-order valence-corrected chi connectivity index (χ3v) is 3.32. The number of nitrogens with one attached hydrogen (secondary N) is 2. The lowest BCUT2D eigenvalue weighted by Crippen LogP contribution is -2.21. The zero-order valence-corrected chi connectivity index (χ0v) is 13.2. The highest BCUT2D eigenvalue weighted by Crippen LogP contribution is 2.17. The fourth-order valence-corrected chi connectivity index (χ4v) is 2.26. The Morgan fingerprint density at radius 1 is 1.00 bits per heavy atom. The standard InChI is InChI=1S/C17H17ClN2O2/c1-11-6-7-15(12(2)8-11)20-17(22)10-16(21)19-14-5-3-4-13(18)9-14/h3-9H,10H2,1-2H3,(H,19,21)(H,20,22). The zero-order chi connectivity index (χ0) is 16.1. The predicted octanol–water partition coefficient (Wildman–Crippen LogP) is 3.92. The van der Waals surface area contributed by atoms with Crippen LogP contribution in [-0.4, -0.2) is 11.8 Å². The lowest BCUT2D eigenvalue weighted by atomic mass is 10.1. The molecule has 2 N–H and O–H groups in total. The lowest BCUT2D eigenvalue weighted by molar-refractivity contribution is -0.123. The number of hydrogen-bond donors (Lipinski definition) is 2. The van der Waals surface area contributed by atoms with E-state index < -0.39 is 0 Å². The van der Waals surface area contributed by atoms with E-state index in [9.17, 15) is 9.59 Å². The fraction of sp³-hybridized carbons (Fsp3) is 0.176. The molecule has 4 nitrogen and oxygen atoms in total. The van der Waals surface area contributed by atoms with E-state index in [4.69, 9.17) is 11.6 Å². The molecule has 2 rings (SSSR count). The van der Waals surface area contributed by atoms with E-state index in [1.165, 1.54) is 0 Å². The molecule has 0 aliphatic carbocycles. The monoisotopic (exact) mass is 316 g/mol. The summed E-state index contributed by atoms with van der Waals surface area (Å²) in [5.41, 5.74) is 3.36. The molecule has 114 valence electrons. The number of carbonyl (C=O) groups excluding carboxylic acids is 2. The van der Waals surface area contributed by atoms with Crippen molar-refractivity contribution in [3.05, 3.63) is 58.6 Å². The Kier molecular flexibility index (Phi) is 5.17. The highest BCUT2D eigenvalue weighted by molar-refractivity contribution is 6.30. The maximum atomic E-state index is 11.9. The van der Waals surface area contributed by atoms with Gasteiger partial charge in [-0.15, -0.1) is 0 Å². The number of aryl methyl sites for hydroxylation is 2. The van der Waals surface area contributed by atoms with E-state index in [1.54, 1.807) is 24.3 Å². The molecule has 5 heteroatoms. The summed E-state index contributed by atoms with van der Waals surface area (Å²) in [6, 6.07) is 12.5. The van der Waals surface area contributed by atoms with E-state index in [2.05, 4.69) is 10.6 Å². The Labute approximate surface area is 134 Å². The van der Waals surface area contributed by atoms with Crippen LogP contribution in [0.1, 0.15) is 17.5 Å². The lowest BCUT2D eigenvalue weighted by Gasteiger charge is -2.09. The Morgan fingerprint density at radius 2 is 1.73 bits per heavy atom. The summed E-state index contributed by atoms with van der Waals surface area (Å²) in [6.07, 6.45) is -0.250. The molecule has 0 radical (unpaired) electrons. The first-order valence-corrected chi connectivity index (χ1v) is 7.24. The van der Waals surface area contributed by atoms with Crippen molar-refractivity contribution >= 4 is 34.8 Å². The molecule has 2 amide bonds. The van der Waals surface area contributed by atoms with Crippen molar-refractivity contribution in [3.63, 3.8) is 0 Å². The predicted molar refractivity (Wildman–Crippen MR) is 89.2 cm³/mol. The molecule has 0 spiro atoms. The van der Waals surface area contributed by atoms with Gasteiger partial charge in [-0.1, -0.05) is 35.4 Å². The number of rotatable bonds is 4. The third-order valence-electron chi connectivity index (χ3n) is 3.09. The van der Waals surface area contributed by atoms with E-state index in [0.717, 1.165) is 11.1 Å². The minimum Gasteiger partial charge on any atom is -0.326 e. The molecule has 0 bridgehead atoms. The van der Waals surface area contributed by atoms with Gasteiger partial charge in [0.25, 0.3) is 0 Å². The maximum Gasteiger partial charge on any atom is 0.233 e. The molecular formula is C17H17ClN2O2. The van der Waals surface area contributed by atoms with Crippen LogP contribution in [0.3, 0.4) is 0 Å². The van der Waals surface area contributed by atoms with Crippen LogP contribution in [0.2, 0.25) is 5.02 Å². The van der Waals surface area contributed by atoms with Crippen LogP contribution in [0.25, 0.3) is 0 Å². The van der Waals surface area contributed by atoms with Gasteiger partial charge in [0.15, 0.2) is 0 Å². The van der Waals surface area contributed by atoms with Gasteiger partial charge in [0.05, 0.1) is 0 Å². The number of amides is 2. The number of halogens is 1. The molecule has 0 atom stereocenters. The summed E-state index contributed by atoms with van der Waals surface area (Å²) < 4.78 is 0. The first kappa shape index (κ1) is 16.0. The molecule has 22 heavy (non-hydrogen) atoms. The smallest absolute Gasteiger partial charge is 0.233 e. The quantitative estimate of drug-likeness (QED) is 0.840. The Morgan fingerprint density at radius 3 is 2.41 bits per heavy atom. The molecule has 0 saturated carbocycles. The molecule has 2 aromatic carbocycles. The van der Waals surface area contributed by atoms with Crippen molar-refractivity contribution in [1.82, 2.24) is 0 Å². The molecule has 0 aromatic heterocycles. The van der Waals surface area contributed by atoms with Gasteiger partial charge in [0, 0.05) is 16.4 Å². The third kappa shape index (κ3) is 4.60. The van der Waals surface area contributed by atoms with Gasteiger partial charge in [-0.25, -0.2) is 0 Å². The fourth-order valence-electron chi connectivity index (χ4n) is 2.07. The minimum absolute atomic E-state index is 0.250. The molecule has 0 saturated heterocycles. The average molecular weight is 317 g/mol. The van der Waals surface area contributed by atoms with Gasteiger partial charge >= 0.3 is 0 Å². The van der Waals surface area contributed by atoms with Gasteiger partial charge in [-0.2, -0.15) is 0 Å². The van der Waals surface area contributed by atoms with Gasteiger partial charge in [-0.05, 0) is 43.7 Å². The van der Waals surface area contributed by atoms with Gasteiger partial charge in [0.2, 0.25) is 11.8 Å². The summed E-state index contributed by atoms with van der Waals surface area (Å²) in [7, 11) is 0. The van der Waals surface area contributed by atoms with E-state index in [0.29, 0.717) is 16.4 Å². The minimum atomic E-state index is -0.385. The molecule has 0 aliphatic heterocycles. The highest BCUT2D eigenvalue weighted by atomic mass is 35.5. The molecular weight excluding hydrogens is 300 g/mol. The van der Waals surface area contributed by atoms with E-state index in [1.807, 2.05) is 32.0 Å². The second kappa shape index (κ2) is 7.09. The van der Waals surface area contributed by atoms with Gasteiger partial charge < -0.3 is 10.6 Å². The van der Waals surface area contributed by atoms with Crippen molar-refractivity contribution in [2.75, 3.05) is 10.6 Å². The van der Waals surface area contributed by atoms with Crippen molar-refractivity contribution in [3.8, 4) is 0 Å². The molecule has 0 unspecified atom stereocenters. The topological polar surface area (TPSA) is 58.2 Å². The van der Waals surface area contributed by atoms with Crippen molar-refractivity contribution in [2.24, 2.45) is 0 Å². The Balaban J connectivity index is 1.92. The summed E-state index contributed by atoms with van der Waals surface area (Å²) >= 11 is 5.84. The SMILES string of the molecule is Cc1ccc(NC(=O)CC(=O)Nc2cccc(Cl)c2)c(C)c1. The van der Waals surface area contributed by atoms with Crippen LogP contribution in [0, 0.1) is 13.8 Å². The van der Waals surface area contributed by atoms with Gasteiger partial charge in [0.1, 0.15) is 6.42 Å².